The number of hydrogen-bond donors (Lipinski definition) is 4. The lowest BCUT2D eigenvalue weighted by atomic mass is 10.0. The van der Waals surface area contributed by atoms with Gasteiger partial charge in [0.2, 0.25) is 0 Å². The lowest BCUT2D eigenvalue weighted by molar-refractivity contribution is 0.0940. The molecule has 0 saturated carbocycles. The van der Waals surface area contributed by atoms with E-state index in [0.29, 0.717) is 41.7 Å². The van der Waals surface area contributed by atoms with Crippen molar-refractivity contribution in [3.05, 3.63) is 107 Å². The Morgan fingerprint density at radius 3 is 1.84 bits per heavy atom. The minimum atomic E-state index is -0.465. The Balaban J connectivity index is 0.00000423. The van der Waals surface area contributed by atoms with Gasteiger partial charge in [0, 0.05) is 11.1 Å². The van der Waals surface area contributed by atoms with Gasteiger partial charge in [-0.2, -0.15) is 0 Å². The van der Waals surface area contributed by atoms with E-state index >= 15 is 0 Å². The molecular weight excluding hydrogens is 589 g/mol. The van der Waals surface area contributed by atoms with Crippen molar-refractivity contribution in [3.63, 3.8) is 0 Å². The number of carbonyl (C=O) groups excluding carboxylic acids is 2. The molecule has 0 heterocycles. The van der Waals surface area contributed by atoms with Crippen molar-refractivity contribution in [2.75, 3.05) is 31.6 Å². The first-order chi connectivity index (χ1) is 20.4. The Labute approximate surface area is 260 Å². The van der Waals surface area contributed by atoms with Gasteiger partial charge in [-0.1, -0.05) is 60.1 Å². The van der Waals surface area contributed by atoms with E-state index < -0.39 is 5.91 Å². The predicted octanol–water partition coefficient (Wildman–Crippen LogP) is 6.56. The molecule has 0 aliphatic carbocycles. The fourth-order valence-electron chi connectivity index (χ4n) is 4.52. The zero-order chi connectivity index (χ0) is 29.5. The summed E-state index contributed by atoms with van der Waals surface area (Å²) in [5.74, 6) is -0.0959. The molecule has 0 atom stereocenters. The minimum absolute atomic E-state index is 0. The Hall–Kier alpha value is -4.50. The van der Waals surface area contributed by atoms with Crippen molar-refractivity contribution in [1.29, 1.82) is 0 Å². The van der Waals surface area contributed by atoms with E-state index in [4.69, 9.17) is 26.8 Å². The molecular formula is C33H31Cl2N3O5. The van der Waals surface area contributed by atoms with Crippen LogP contribution in [0.2, 0.25) is 5.02 Å². The number of benzene rings is 5. The molecule has 0 unspecified atom stereocenters. The van der Waals surface area contributed by atoms with E-state index in [-0.39, 0.29) is 48.5 Å². The molecule has 43 heavy (non-hydrogen) atoms. The first kappa shape index (κ1) is 31.4. The number of amides is 2. The SMILES string of the molecule is Cl.NCCCOc1cc2ccccc2cc1C(=O)NCCOc1cc2ccccc2cc1C(=O)Nc1ccc(Cl)cc1O. The molecule has 0 radical (unpaired) electrons. The van der Waals surface area contributed by atoms with Gasteiger partial charge in [-0.25, -0.2) is 0 Å². The topological polar surface area (TPSA) is 123 Å². The molecule has 0 aromatic heterocycles. The highest BCUT2D eigenvalue weighted by molar-refractivity contribution is 6.30. The summed E-state index contributed by atoms with van der Waals surface area (Å²) < 4.78 is 11.9. The van der Waals surface area contributed by atoms with Crippen LogP contribution in [0.1, 0.15) is 27.1 Å². The highest BCUT2D eigenvalue weighted by Gasteiger charge is 2.18. The Kier molecular flexibility index (Phi) is 10.7. The van der Waals surface area contributed by atoms with Gasteiger partial charge < -0.3 is 30.9 Å². The second-order valence-corrected chi connectivity index (χ2v) is 10.0. The molecule has 5 aromatic carbocycles. The van der Waals surface area contributed by atoms with Crippen LogP contribution in [0.25, 0.3) is 21.5 Å². The molecule has 5 aromatic rings. The fraction of sp³-hybridized carbons (Fsp3) is 0.152. The number of halogens is 2. The van der Waals surface area contributed by atoms with Crippen LogP contribution >= 0.6 is 24.0 Å². The molecule has 0 aliphatic rings. The molecule has 5 N–H and O–H groups in total. The molecule has 2 amide bonds. The second kappa shape index (κ2) is 14.6. The summed E-state index contributed by atoms with van der Waals surface area (Å²) in [7, 11) is 0. The molecule has 0 bridgehead atoms. The van der Waals surface area contributed by atoms with E-state index in [0.717, 1.165) is 21.5 Å². The number of ether oxygens (including phenoxy) is 2. The van der Waals surface area contributed by atoms with Gasteiger partial charge in [0.15, 0.2) is 0 Å². The molecule has 222 valence electrons. The minimum Gasteiger partial charge on any atom is -0.506 e. The van der Waals surface area contributed by atoms with Gasteiger partial charge in [-0.15, -0.1) is 12.4 Å². The number of phenolic OH excluding ortho intramolecular Hbond substituents is 1. The van der Waals surface area contributed by atoms with Crippen LogP contribution in [0.15, 0.2) is 91.0 Å². The third kappa shape index (κ3) is 7.67. The number of anilines is 1. The first-order valence-corrected chi connectivity index (χ1v) is 13.9. The second-order valence-electron chi connectivity index (χ2n) is 9.60. The van der Waals surface area contributed by atoms with Crippen molar-refractivity contribution in [3.8, 4) is 17.2 Å². The fourth-order valence-corrected chi connectivity index (χ4v) is 4.69. The van der Waals surface area contributed by atoms with E-state index in [2.05, 4.69) is 10.6 Å². The smallest absolute Gasteiger partial charge is 0.259 e. The highest BCUT2D eigenvalue weighted by Crippen LogP contribution is 2.31. The Bertz CT molecular complexity index is 1760. The summed E-state index contributed by atoms with van der Waals surface area (Å²) in [6, 6.07) is 27.0. The lowest BCUT2D eigenvalue weighted by Gasteiger charge is -2.15. The van der Waals surface area contributed by atoms with Gasteiger partial charge >= 0.3 is 0 Å². The third-order valence-corrected chi connectivity index (χ3v) is 6.88. The Morgan fingerprint density at radius 1 is 0.744 bits per heavy atom. The number of rotatable bonds is 11. The number of aromatic hydroxyl groups is 1. The maximum Gasteiger partial charge on any atom is 0.259 e. The number of carbonyl (C=O) groups is 2. The summed E-state index contributed by atoms with van der Waals surface area (Å²) in [5, 5.41) is 19.8. The summed E-state index contributed by atoms with van der Waals surface area (Å²) in [6.07, 6.45) is 0.668. The molecule has 5 rings (SSSR count). The average Bonchev–Trinajstić information content (AvgIpc) is 3.00. The summed E-state index contributed by atoms with van der Waals surface area (Å²) in [4.78, 5) is 26.5. The van der Waals surface area contributed by atoms with Crippen LogP contribution in [-0.2, 0) is 0 Å². The van der Waals surface area contributed by atoms with Crippen molar-refractivity contribution in [2.24, 2.45) is 5.73 Å². The zero-order valence-corrected chi connectivity index (χ0v) is 24.7. The van der Waals surface area contributed by atoms with Gasteiger partial charge in [0.25, 0.3) is 11.8 Å². The number of nitrogens with two attached hydrogens (primary N) is 1. The number of nitrogens with one attached hydrogen (secondary N) is 2. The lowest BCUT2D eigenvalue weighted by Crippen LogP contribution is -2.29. The molecule has 10 heteroatoms. The molecule has 8 nitrogen and oxygen atoms in total. The average molecular weight is 621 g/mol. The molecule has 0 fully saturated rings. The quantitative estimate of drug-likeness (QED) is 0.0980. The van der Waals surface area contributed by atoms with Crippen molar-refractivity contribution < 1.29 is 24.2 Å². The van der Waals surface area contributed by atoms with Crippen LogP contribution in [-0.4, -0.2) is 43.2 Å². The van der Waals surface area contributed by atoms with E-state index in [1.165, 1.54) is 12.1 Å². The van der Waals surface area contributed by atoms with Crippen LogP contribution in [0.5, 0.6) is 17.2 Å². The van der Waals surface area contributed by atoms with Gasteiger partial charge in [0.1, 0.15) is 23.9 Å². The van der Waals surface area contributed by atoms with E-state index in [1.807, 2.05) is 54.6 Å². The number of fused-ring (bicyclic) bond motifs is 2. The van der Waals surface area contributed by atoms with Crippen LogP contribution in [0, 0.1) is 0 Å². The van der Waals surface area contributed by atoms with Crippen LogP contribution in [0.3, 0.4) is 0 Å². The maximum absolute atomic E-state index is 13.3. The van der Waals surface area contributed by atoms with Gasteiger partial charge in [-0.05, 0) is 70.9 Å². The molecule has 0 aliphatic heterocycles. The third-order valence-electron chi connectivity index (χ3n) is 6.64. The monoisotopic (exact) mass is 619 g/mol. The summed E-state index contributed by atoms with van der Waals surface area (Å²) in [6.45, 7) is 1.17. The van der Waals surface area contributed by atoms with Crippen LogP contribution in [0.4, 0.5) is 5.69 Å². The number of phenols is 1. The van der Waals surface area contributed by atoms with E-state index in [9.17, 15) is 14.7 Å². The number of hydrogen-bond acceptors (Lipinski definition) is 6. The standard InChI is InChI=1S/C33H30ClN3O5.ClH/c34-25-10-11-28(29(38)20-25)37-33(40)27-17-22-7-2-4-9-24(22)19-31(27)42-15-13-36-32(39)26-16-21-6-1-3-8-23(21)18-30(26)41-14-5-12-35;/h1-4,6-11,16-20,38H,5,12-15,35H2,(H,36,39)(H,37,40);1H. The maximum atomic E-state index is 13.3. The van der Waals surface area contributed by atoms with Gasteiger partial charge in [0.05, 0.1) is 30.0 Å². The highest BCUT2D eigenvalue weighted by atomic mass is 35.5. The van der Waals surface area contributed by atoms with Crippen molar-refractivity contribution in [2.45, 2.75) is 6.42 Å². The van der Waals surface area contributed by atoms with Crippen molar-refractivity contribution in [1.82, 2.24) is 5.32 Å². The first-order valence-electron chi connectivity index (χ1n) is 13.5. The molecule has 0 saturated heterocycles. The Morgan fingerprint density at radius 2 is 1.28 bits per heavy atom. The molecule has 0 spiro atoms. The van der Waals surface area contributed by atoms with Crippen molar-refractivity contribution >= 4 is 63.1 Å². The largest absolute Gasteiger partial charge is 0.506 e. The normalized spacial score (nSPS) is 10.7. The van der Waals surface area contributed by atoms with Crippen LogP contribution < -0.4 is 25.8 Å². The summed E-state index contributed by atoms with van der Waals surface area (Å²) in [5.41, 5.74) is 6.52. The zero-order valence-electron chi connectivity index (χ0n) is 23.1. The van der Waals surface area contributed by atoms with Gasteiger partial charge in [-0.3, -0.25) is 9.59 Å². The summed E-state index contributed by atoms with van der Waals surface area (Å²) >= 11 is 5.92. The predicted molar refractivity (Wildman–Crippen MR) is 173 cm³/mol. The van der Waals surface area contributed by atoms with E-state index in [1.54, 1.807) is 24.3 Å².